The summed E-state index contributed by atoms with van der Waals surface area (Å²) in [5, 5.41) is 0. The first kappa shape index (κ1) is 14.4. The summed E-state index contributed by atoms with van der Waals surface area (Å²) < 4.78 is 11.9. The van der Waals surface area contributed by atoms with Crippen molar-refractivity contribution in [1.82, 2.24) is 0 Å². The van der Waals surface area contributed by atoms with Crippen molar-refractivity contribution < 1.29 is 8.85 Å². The normalized spacial score (nSPS) is 15.6. The molecule has 0 amide bonds. The van der Waals surface area contributed by atoms with E-state index in [0.717, 1.165) is 13.0 Å². The second-order valence-electron chi connectivity index (χ2n) is 5.68. The molecule has 0 N–H and O–H groups in total. The molecule has 1 atom stereocenters. The lowest BCUT2D eigenvalue weighted by Crippen LogP contribution is -2.37. The maximum absolute atomic E-state index is 6.02. The molecule has 0 aromatic carbocycles. The monoisotopic (exact) mass is 234 g/mol. The Hall–Kier alpha value is 0.354. The summed E-state index contributed by atoms with van der Waals surface area (Å²) in [6.45, 7) is 16.3. The molecule has 0 saturated heterocycles. The maximum atomic E-state index is 6.02. The third kappa shape index (κ3) is 8.93. The number of hydrogen-bond donors (Lipinski definition) is 0. The van der Waals surface area contributed by atoms with Crippen LogP contribution in [0.5, 0.6) is 0 Å². The van der Waals surface area contributed by atoms with Crippen molar-refractivity contribution >= 4 is 16.6 Å². The molecule has 2 nitrogen and oxygen atoms in total. The molecule has 0 aromatic heterocycles. The highest BCUT2D eigenvalue weighted by Crippen LogP contribution is 2.12. The van der Waals surface area contributed by atoms with E-state index in [-0.39, 0.29) is 0 Å². The molecule has 0 radical (unpaired) electrons. The SMILES string of the molecule is CCC(CO[Si](C)(C)C)O[Si](C)(C)C. The fourth-order valence-corrected chi connectivity index (χ4v) is 3.00. The molecule has 0 aliphatic rings. The summed E-state index contributed by atoms with van der Waals surface area (Å²) in [4.78, 5) is 0. The van der Waals surface area contributed by atoms with E-state index in [9.17, 15) is 0 Å². The van der Waals surface area contributed by atoms with Gasteiger partial charge >= 0.3 is 0 Å². The molecular formula is C10H26O2Si2. The van der Waals surface area contributed by atoms with Crippen LogP contribution in [0.2, 0.25) is 39.3 Å². The van der Waals surface area contributed by atoms with Gasteiger partial charge in [-0.25, -0.2) is 0 Å². The van der Waals surface area contributed by atoms with Gasteiger partial charge in [0, 0.05) is 0 Å². The topological polar surface area (TPSA) is 18.5 Å². The van der Waals surface area contributed by atoms with Crippen LogP contribution < -0.4 is 0 Å². The van der Waals surface area contributed by atoms with Crippen LogP contribution in [0.15, 0.2) is 0 Å². The summed E-state index contributed by atoms with van der Waals surface area (Å²) in [6, 6.07) is 0. The van der Waals surface area contributed by atoms with Crippen LogP contribution in [0.1, 0.15) is 13.3 Å². The van der Waals surface area contributed by atoms with Crippen molar-refractivity contribution in [3.63, 3.8) is 0 Å². The fraction of sp³-hybridized carbons (Fsp3) is 1.00. The molecule has 0 fully saturated rings. The Labute approximate surface area is 91.3 Å². The van der Waals surface area contributed by atoms with E-state index in [1.54, 1.807) is 0 Å². The molecule has 14 heavy (non-hydrogen) atoms. The lowest BCUT2D eigenvalue weighted by Gasteiger charge is -2.28. The van der Waals surface area contributed by atoms with Crippen LogP contribution in [0.4, 0.5) is 0 Å². The third-order valence-electron chi connectivity index (χ3n) is 1.68. The highest BCUT2D eigenvalue weighted by molar-refractivity contribution is 6.70. The van der Waals surface area contributed by atoms with Crippen LogP contribution in [0.3, 0.4) is 0 Å². The zero-order valence-electron chi connectivity index (χ0n) is 10.8. The Morgan fingerprint density at radius 3 is 1.71 bits per heavy atom. The second kappa shape index (κ2) is 5.44. The van der Waals surface area contributed by atoms with Crippen LogP contribution in [0, 0.1) is 0 Å². The van der Waals surface area contributed by atoms with Crippen molar-refractivity contribution in [2.24, 2.45) is 0 Å². The molecule has 0 aliphatic heterocycles. The first-order chi connectivity index (χ1) is 6.14. The van der Waals surface area contributed by atoms with Gasteiger partial charge in [-0.2, -0.15) is 0 Å². The molecular weight excluding hydrogens is 208 g/mol. The lowest BCUT2D eigenvalue weighted by molar-refractivity contribution is 0.115. The molecule has 0 rings (SSSR count). The van der Waals surface area contributed by atoms with Gasteiger partial charge in [0.1, 0.15) is 0 Å². The largest absolute Gasteiger partial charge is 0.415 e. The predicted molar refractivity (Wildman–Crippen MR) is 67.8 cm³/mol. The Morgan fingerprint density at radius 1 is 0.929 bits per heavy atom. The quantitative estimate of drug-likeness (QED) is 0.655. The zero-order valence-corrected chi connectivity index (χ0v) is 12.8. The lowest BCUT2D eigenvalue weighted by atomic mass is 10.3. The highest BCUT2D eigenvalue weighted by Gasteiger charge is 2.22. The van der Waals surface area contributed by atoms with Gasteiger partial charge in [0.15, 0.2) is 16.6 Å². The Kier molecular flexibility index (Phi) is 5.58. The molecule has 4 heteroatoms. The van der Waals surface area contributed by atoms with Crippen molar-refractivity contribution in [3.8, 4) is 0 Å². The summed E-state index contributed by atoms with van der Waals surface area (Å²) in [5.74, 6) is 0. The summed E-state index contributed by atoms with van der Waals surface area (Å²) >= 11 is 0. The molecule has 0 heterocycles. The molecule has 0 bridgehead atoms. The Morgan fingerprint density at radius 2 is 1.43 bits per heavy atom. The van der Waals surface area contributed by atoms with Crippen molar-refractivity contribution in [2.45, 2.75) is 58.7 Å². The number of hydrogen-bond acceptors (Lipinski definition) is 2. The van der Waals surface area contributed by atoms with Gasteiger partial charge in [0.05, 0.1) is 12.7 Å². The van der Waals surface area contributed by atoms with Gasteiger partial charge in [0.25, 0.3) is 0 Å². The van der Waals surface area contributed by atoms with Gasteiger partial charge < -0.3 is 8.85 Å². The minimum atomic E-state index is -1.40. The number of rotatable bonds is 6. The standard InChI is InChI=1S/C10H26O2Si2/c1-8-10(12-14(5,6)7)9-11-13(2,3)4/h10H,8-9H2,1-7H3. The van der Waals surface area contributed by atoms with E-state index >= 15 is 0 Å². The Bertz CT molecular complexity index is 158. The van der Waals surface area contributed by atoms with E-state index in [1.165, 1.54) is 0 Å². The van der Waals surface area contributed by atoms with Crippen LogP contribution in [0.25, 0.3) is 0 Å². The van der Waals surface area contributed by atoms with Crippen LogP contribution in [-0.4, -0.2) is 29.3 Å². The zero-order chi connectivity index (χ0) is 11.4. The van der Waals surface area contributed by atoms with Gasteiger partial charge in [-0.05, 0) is 45.7 Å². The predicted octanol–water partition coefficient (Wildman–Crippen LogP) is 3.47. The molecule has 0 aromatic rings. The van der Waals surface area contributed by atoms with Gasteiger partial charge in [-0.15, -0.1) is 0 Å². The summed E-state index contributed by atoms with van der Waals surface area (Å²) in [7, 11) is -2.78. The highest BCUT2D eigenvalue weighted by atomic mass is 28.4. The molecule has 1 unspecified atom stereocenters. The van der Waals surface area contributed by atoms with E-state index < -0.39 is 16.6 Å². The second-order valence-corrected chi connectivity index (χ2v) is 14.7. The van der Waals surface area contributed by atoms with E-state index in [1.807, 2.05) is 0 Å². The van der Waals surface area contributed by atoms with E-state index in [4.69, 9.17) is 8.85 Å². The minimum Gasteiger partial charge on any atom is -0.415 e. The smallest absolute Gasteiger partial charge is 0.184 e. The van der Waals surface area contributed by atoms with Crippen LogP contribution >= 0.6 is 0 Å². The van der Waals surface area contributed by atoms with Gasteiger partial charge in [-0.3, -0.25) is 0 Å². The first-order valence-corrected chi connectivity index (χ1v) is 12.3. The van der Waals surface area contributed by atoms with E-state index in [2.05, 4.69) is 46.2 Å². The third-order valence-corrected chi connectivity index (χ3v) is 3.75. The van der Waals surface area contributed by atoms with Gasteiger partial charge in [0.2, 0.25) is 0 Å². The fourth-order valence-electron chi connectivity index (χ4n) is 1.08. The van der Waals surface area contributed by atoms with Crippen molar-refractivity contribution in [3.05, 3.63) is 0 Å². The minimum absolute atomic E-state index is 0.299. The van der Waals surface area contributed by atoms with Crippen molar-refractivity contribution in [2.75, 3.05) is 6.61 Å². The molecule has 0 aliphatic carbocycles. The average molecular weight is 234 g/mol. The van der Waals surface area contributed by atoms with E-state index in [0.29, 0.717) is 6.10 Å². The molecule has 0 spiro atoms. The van der Waals surface area contributed by atoms with Crippen LogP contribution in [-0.2, 0) is 8.85 Å². The molecule has 86 valence electrons. The molecule has 0 saturated carbocycles. The Balaban J connectivity index is 3.93. The first-order valence-electron chi connectivity index (χ1n) is 5.46. The van der Waals surface area contributed by atoms with Gasteiger partial charge in [-0.1, -0.05) is 6.92 Å². The van der Waals surface area contributed by atoms with Crippen molar-refractivity contribution in [1.29, 1.82) is 0 Å². The average Bonchev–Trinajstić information content (AvgIpc) is 1.94. The summed E-state index contributed by atoms with van der Waals surface area (Å²) in [5.41, 5.74) is 0. The maximum Gasteiger partial charge on any atom is 0.184 e. The summed E-state index contributed by atoms with van der Waals surface area (Å²) in [6.07, 6.45) is 1.35.